The van der Waals surface area contributed by atoms with Crippen LogP contribution in [0.2, 0.25) is 0 Å². The molecular formula is C13H22N4OS. The normalized spacial score (nSPS) is 23.1. The summed E-state index contributed by atoms with van der Waals surface area (Å²) in [6, 6.07) is 2.23. The van der Waals surface area contributed by atoms with Gasteiger partial charge in [0.05, 0.1) is 0 Å². The van der Waals surface area contributed by atoms with E-state index in [1.54, 1.807) is 0 Å². The molecule has 5 nitrogen and oxygen atoms in total. The van der Waals surface area contributed by atoms with E-state index in [1.165, 1.54) is 24.6 Å². The third-order valence-corrected chi connectivity index (χ3v) is 4.17. The van der Waals surface area contributed by atoms with Crippen LogP contribution in [0.4, 0.5) is 11.6 Å². The molecule has 106 valence electrons. The lowest BCUT2D eigenvalue weighted by Gasteiger charge is -2.31. The van der Waals surface area contributed by atoms with Gasteiger partial charge in [0.25, 0.3) is 0 Å². The molecule has 1 fully saturated rings. The second kappa shape index (κ2) is 6.96. The zero-order valence-electron chi connectivity index (χ0n) is 11.5. The quantitative estimate of drug-likeness (QED) is 0.568. The Morgan fingerprint density at radius 2 is 2.05 bits per heavy atom. The van der Waals surface area contributed by atoms with E-state index in [1.807, 2.05) is 19.4 Å². The average molecular weight is 282 g/mol. The van der Waals surface area contributed by atoms with Gasteiger partial charge < -0.3 is 15.7 Å². The van der Waals surface area contributed by atoms with Gasteiger partial charge in [0.2, 0.25) is 0 Å². The number of hydrogen-bond donors (Lipinski definition) is 3. The van der Waals surface area contributed by atoms with E-state index in [4.69, 9.17) is 0 Å². The molecule has 1 saturated carbocycles. The Labute approximate surface area is 118 Å². The van der Waals surface area contributed by atoms with E-state index < -0.39 is 0 Å². The van der Waals surface area contributed by atoms with E-state index in [9.17, 15) is 5.11 Å². The van der Waals surface area contributed by atoms with Crippen LogP contribution in [0.15, 0.2) is 11.2 Å². The minimum atomic E-state index is 0.247. The molecule has 0 spiro atoms. The predicted octanol–water partition coefficient (Wildman–Crippen LogP) is 2.20. The van der Waals surface area contributed by atoms with Crippen LogP contribution in [0.3, 0.4) is 0 Å². The summed E-state index contributed by atoms with van der Waals surface area (Å²) in [5, 5.41) is 16.7. The number of anilines is 2. The maximum absolute atomic E-state index is 9.45. The van der Waals surface area contributed by atoms with Gasteiger partial charge in [0.1, 0.15) is 11.6 Å². The van der Waals surface area contributed by atoms with Gasteiger partial charge in [-0.25, -0.2) is 9.97 Å². The first-order chi connectivity index (χ1) is 9.26. The summed E-state index contributed by atoms with van der Waals surface area (Å²) < 4.78 is 0. The molecule has 0 saturated heterocycles. The van der Waals surface area contributed by atoms with E-state index in [-0.39, 0.29) is 6.61 Å². The van der Waals surface area contributed by atoms with Crippen molar-refractivity contribution in [2.24, 2.45) is 5.92 Å². The maximum atomic E-state index is 9.45. The van der Waals surface area contributed by atoms with Crippen LogP contribution in [0, 0.1) is 5.92 Å². The van der Waals surface area contributed by atoms with Gasteiger partial charge >= 0.3 is 0 Å². The summed E-state index contributed by atoms with van der Waals surface area (Å²) in [4.78, 5) is 8.84. The summed E-state index contributed by atoms with van der Waals surface area (Å²) in [6.07, 6.45) is 6.58. The molecule has 6 heteroatoms. The first-order valence-electron chi connectivity index (χ1n) is 6.75. The van der Waals surface area contributed by atoms with Crippen LogP contribution >= 0.6 is 11.8 Å². The van der Waals surface area contributed by atoms with Crippen molar-refractivity contribution in [3.63, 3.8) is 0 Å². The summed E-state index contributed by atoms with van der Waals surface area (Å²) in [5.41, 5.74) is 0. The molecule has 0 bridgehead atoms. The van der Waals surface area contributed by atoms with E-state index >= 15 is 0 Å². The van der Waals surface area contributed by atoms with Crippen molar-refractivity contribution >= 4 is 23.4 Å². The number of aliphatic hydroxyl groups excluding tert-OH is 1. The van der Waals surface area contributed by atoms with Gasteiger partial charge in [-0.3, -0.25) is 0 Å². The lowest BCUT2D eigenvalue weighted by Crippen LogP contribution is -2.34. The highest BCUT2D eigenvalue weighted by Crippen LogP contribution is 2.27. The first-order valence-corrected chi connectivity index (χ1v) is 7.97. The molecule has 19 heavy (non-hydrogen) atoms. The summed E-state index contributed by atoms with van der Waals surface area (Å²) in [7, 11) is 1.85. The van der Waals surface area contributed by atoms with Gasteiger partial charge in [-0.05, 0) is 19.1 Å². The average Bonchev–Trinajstić information content (AvgIpc) is 2.47. The Kier molecular flexibility index (Phi) is 5.27. The smallest absolute Gasteiger partial charge is 0.191 e. The van der Waals surface area contributed by atoms with E-state index in [0.29, 0.717) is 12.0 Å². The fourth-order valence-corrected chi connectivity index (χ4v) is 2.90. The zero-order chi connectivity index (χ0) is 13.7. The number of rotatable bonds is 5. The predicted molar refractivity (Wildman–Crippen MR) is 79.8 cm³/mol. The molecule has 2 rings (SSSR count). The second-order valence-corrected chi connectivity index (χ2v) is 5.63. The first kappa shape index (κ1) is 14.4. The van der Waals surface area contributed by atoms with Crippen LogP contribution in [-0.4, -0.2) is 41.0 Å². The number of nitrogens with zero attached hydrogens (tertiary/aromatic N) is 2. The molecule has 3 N–H and O–H groups in total. The lowest BCUT2D eigenvalue weighted by molar-refractivity contribution is 0.178. The molecule has 0 aliphatic heterocycles. The fraction of sp³-hybridized carbons (Fsp3) is 0.692. The molecule has 1 aliphatic carbocycles. The standard InChI is InChI=1S/C13H22N4OS/c1-14-11-7-12(17-13(16-11)19-2)15-10-6-4-3-5-9(10)8-18/h7,9-10,18H,3-6,8H2,1-2H3,(H2,14,15,16,17). The third-order valence-electron chi connectivity index (χ3n) is 3.62. The zero-order valence-corrected chi connectivity index (χ0v) is 12.3. The third kappa shape index (κ3) is 3.73. The molecule has 0 aromatic carbocycles. The Bertz CT molecular complexity index is 393. The van der Waals surface area contributed by atoms with Crippen molar-refractivity contribution in [3.8, 4) is 0 Å². The van der Waals surface area contributed by atoms with Gasteiger partial charge in [-0.1, -0.05) is 24.6 Å². The monoisotopic (exact) mass is 282 g/mol. The maximum Gasteiger partial charge on any atom is 0.191 e. The molecule has 0 radical (unpaired) electrons. The number of hydrogen-bond acceptors (Lipinski definition) is 6. The molecule has 1 aromatic heterocycles. The molecule has 1 aromatic rings. The lowest BCUT2D eigenvalue weighted by atomic mass is 9.85. The highest BCUT2D eigenvalue weighted by atomic mass is 32.2. The van der Waals surface area contributed by atoms with Crippen molar-refractivity contribution in [2.75, 3.05) is 30.5 Å². The van der Waals surface area contributed by atoms with Crippen LogP contribution in [0.5, 0.6) is 0 Å². The summed E-state index contributed by atoms with van der Waals surface area (Å²) in [5.74, 6) is 1.99. The fourth-order valence-electron chi connectivity index (χ4n) is 2.52. The molecule has 0 amide bonds. The number of aliphatic hydroxyl groups is 1. The molecule has 1 heterocycles. The second-order valence-electron chi connectivity index (χ2n) is 4.85. The number of nitrogens with one attached hydrogen (secondary N) is 2. The van der Waals surface area contributed by atoms with Crippen molar-refractivity contribution in [2.45, 2.75) is 36.9 Å². The van der Waals surface area contributed by atoms with E-state index in [0.717, 1.165) is 29.6 Å². The van der Waals surface area contributed by atoms with E-state index in [2.05, 4.69) is 20.6 Å². The van der Waals surface area contributed by atoms with Gasteiger partial charge in [-0.2, -0.15) is 0 Å². The van der Waals surface area contributed by atoms with Crippen LogP contribution in [-0.2, 0) is 0 Å². The Hall–Kier alpha value is -1.01. The Morgan fingerprint density at radius 3 is 2.74 bits per heavy atom. The Morgan fingerprint density at radius 1 is 1.32 bits per heavy atom. The molecular weight excluding hydrogens is 260 g/mol. The van der Waals surface area contributed by atoms with Crippen molar-refractivity contribution in [3.05, 3.63) is 6.07 Å². The SMILES string of the molecule is CNc1cc(NC2CCCCC2CO)nc(SC)n1. The minimum Gasteiger partial charge on any atom is -0.396 e. The molecule has 2 atom stereocenters. The highest BCUT2D eigenvalue weighted by Gasteiger charge is 2.24. The number of thioether (sulfide) groups is 1. The van der Waals surface area contributed by atoms with Crippen LogP contribution in [0.1, 0.15) is 25.7 Å². The van der Waals surface area contributed by atoms with Crippen molar-refractivity contribution < 1.29 is 5.11 Å². The topological polar surface area (TPSA) is 70.1 Å². The Balaban J connectivity index is 2.12. The van der Waals surface area contributed by atoms with Crippen molar-refractivity contribution in [1.82, 2.24) is 9.97 Å². The van der Waals surface area contributed by atoms with Crippen molar-refractivity contribution in [1.29, 1.82) is 0 Å². The van der Waals surface area contributed by atoms with Crippen LogP contribution in [0.25, 0.3) is 0 Å². The molecule has 1 aliphatic rings. The summed E-state index contributed by atoms with van der Waals surface area (Å²) >= 11 is 1.53. The largest absolute Gasteiger partial charge is 0.396 e. The highest BCUT2D eigenvalue weighted by molar-refractivity contribution is 7.98. The molecule has 2 unspecified atom stereocenters. The van der Waals surface area contributed by atoms with Gasteiger partial charge in [0.15, 0.2) is 5.16 Å². The minimum absolute atomic E-state index is 0.247. The van der Waals surface area contributed by atoms with Crippen LogP contribution < -0.4 is 10.6 Å². The number of aromatic nitrogens is 2. The van der Waals surface area contributed by atoms with Gasteiger partial charge in [0, 0.05) is 31.7 Å². The van der Waals surface area contributed by atoms with Gasteiger partial charge in [-0.15, -0.1) is 0 Å². The summed E-state index contributed by atoms with van der Waals surface area (Å²) in [6.45, 7) is 0.247.